The molecule has 7 nitrogen and oxygen atoms in total. The molecule has 4 N–H and O–H groups in total. The Kier molecular flexibility index (Phi) is 6.91. The van der Waals surface area contributed by atoms with Crippen molar-refractivity contribution in [3.63, 3.8) is 0 Å². The van der Waals surface area contributed by atoms with E-state index < -0.39 is 17.9 Å². The first-order valence-electron chi connectivity index (χ1n) is 9.30. The van der Waals surface area contributed by atoms with Gasteiger partial charge in [0.15, 0.2) is 0 Å². The Labute approximate surface area is 173 Å². The Morgan fingerprint density at radius 1 is 0.800 bits per heavy atom. The van der Waals surface area contributed by atoms with Crippen LogP contribution in [0, 0.1) is 0 Å². The van der Waals surface area contributed by atoms with E-state index in [1.165, 1.54) is 24.3 Å². The van der Waals surface area contributed by atoms with Gasteiger partial charge in [0, 0.05) is 11.3 Å². The molecular weight excluding hydrogens is 382 g/mol. The number of anilines is 1. The van der Waals surface area contributed by atoms with Crippen LogP contribution in [0.25, 0.3) is 0 Å². The predicted molar refractivity (Wildman–Crippen MR) is 112 cm³/mol. The maximum atomic E-state index is 12.9. The third-order valence-corrected chi connectivity index (χ3v) is 4.42. The van der Waals surface area contributed by atoms with Gasteiger partial charge in [0.1, 0.15) is 6.04 Å². The summed E-state index contributed by atoms with van der Waals surface area (Å²) in [5, 5.41) is 14.2. The van der Waals surface area contributed by atoms with Crippen LogP contribution in [0.1, 0.15) is 27.5 Å². The SMILES string of the molecule is O=C(Cc1ccccc1)N[C@H](C(=O)Nc1ccc(C(=O)NO)cc1)c1ccccc1. The van der Waals surface area contributed by atoms with Crippen LogP contribution in [0.2, 0.25) is 0 Å². The van der Waals surface area contributed by atoms with Gasteiger partial charge in [-0.25, -0.2) is 5.48 Å². The molecule has 0 aliphatic carbocycles. The summed E-state index contributed by atoms with van der Waals surface area (Å²) in [6.45, 7) is 0. The minimum absolute atomic E-state index is 0.155. The Morgan fingerprint density at radius 3 is 2.00 bits per heavy atom. The number of carbonyl (C=O) groups is 3. The fourth-order valence-electron chi connectivity index (χ4n) is 2.92. The molecule has 3 amide bonds. The molecule has 3 aromatic carbocycles. The lowest BCUT2D eigenvalue weighted by Crippen LogP contribution is -2.37. The smallest absolute Gasteiger partial charge is 0.274 e. The zero-order chi connectivity index (χ0) is 21.3. The second kappa shape index (κ2) is 9.99. The Morgan fingerprint density at radius 2 is 1.40 bits per heavy atom. The van der Waals surface area contributed by atoms with E-state index in [-0.39, 0.29) is 17.9 Å². The van der Waals surface area contributed by atoms with E-state index in [0.29, 0.717) is 11.3 Å². The topological polar surface area (TPSA) is 108 Å². The highest BCUT2D eigenvalue weighted by molar-refractivity contribution is 5.99. The molecule has 0 bridgehead atoms. The van der Waals surface area contributed by atoms with Gasteiger partial charge in [0.2, 0.25) is 5.91 Å². The molecule has 0 radical (unpaired) electrons. The minimum atomic E-state index is -0.886. The van der Waals surface area contributed by atoms with E-state index in [1.54, 1.807) is 29.7 Å². The van der Waals surface area contributed by atoms with Crippen molar-refractivity contribution in [2.45, 2.75) is 12.5 Å². The summed E-state index contributed by atoms with van der Waals surface area (Å²) in [7, 11) is 0. The first-order valence-corrected chi connectivity index (χ1v) is 9.30. The molecule has 0 heterocycles. The van der Waals surface area contributed by atoms with Gasteiger partial charge in [-0.2, -0.15) is 0 Å². The number of amides is 3. The monoisotopic (exact) mass is 403 g/mol. The summed E-state index contributed by atoms with van der Waals surface area (Å²) in [6, 6.07) is 23.3. The number of nitrogens with one attached hydrogen (secondary N) is 3. The molecule has 0 fully saturated rings. The molecular formula is C23H21N3O4. The second-order valence-electron chi connectivity index (χ2n) is 6.58. The van der Waals surface area contributed by atoms with Crippen molar-refractivity contribution in [3.05, 3.63) is 102 Å². The van der Waals surface area contributed by atoms with Crippen molar-refractivity contribution in [1.29, 1.82) is 0 Å². The maximum Gasteiger partial charge on any atom is 0.274 e. The van der Waals surface area contributed by atoms with E-state index in [4.69, 9.17) is 5.21 Å². The van der Waals surface area contributed by atoms with Crippen LogP contribution in [-0.2, 0) is 16.0 Å². The average molecular weight is 403 g/mol. The first kappa shape index (κ1) is 20.8. The summed E-state index contributed by atoms with van der Waals surface area (Å²) in [5.41, 5.74) is 3.74. The van der Waals surface area contributed by atoms with Crippen LogP contribution >= 0.6 is 0 Å². The molecule has 0 aliphatic rings. The highest BCUT2D eigenvalue weighted by Gasteiger charge is 2.23. The number of hydrogen-bond donors (Lipinski definition) is 4. The fraction of sp³-hybridized carbons (Fsp3) is 0.0870. The van der Waals surface area contributed by atoms with Crippen molar-refractivity contribution < 1.29 is 19.6 Å². The Hall–Kier alpha value is -3.97. The molecule has 0 aliphatic heterocycles. The van der Waals surface area contributed by atoms with Crippen molar-refractivity contribution in [2.75, 3.05) is 5.32 Å². The lowest BCUT2D eigenvalue weighted by atomic mass is 10.0. The normalized spacial score (nSPS) is 11.2. The van der Waals surface area contributed by atoms with Crippen molar-refractivity contribution in [2.24, 2.45) is 0 Å². The third-order valence-electron chi connectivity index (χ3n) is 4.42. The standard InChI is InChI=1S/C23H21N3O4/c27-20(15-16-7-3-1-4-8-16)25-21(17-9-5-2-6-10-17)23(29)24-19-13-11-18(12-14-19)22(28)26-30/h1-14,21,30H,15H2,(H,24,29)(H,25,27)(H,26,28)/t21-/m0/s1. The molecule has 3 aromatic rings. The van der Waals surface area contributed by atoms with E-state index in [1.807, 2.05) is 36.4 Å². The summed E-state index contributed by atoms with van der Waals surface area (Å²) in [5.74, 6) is -1.34. The minimum Gasteiger partial charge on any atom is -0.340 e. The number of benzene rings is 3. The molecule has 0 aromatic heterocycles. The maximum absolute atomic E-state index is 12.9. The van der Waals surface area contributed by atoms with Crippen LogP contribution in [0.3, 0.4) is 0 Å². The molecule has 1 atom stereocenters. The van der Waals surface area contributed by atoms with Crippen LogP contribution < -0.4 is 16.1 Å². The van der Waals surface area contributed by atoms with Crippen molar-refractivity contribution >= 4 is 23.4 Å². The van der Waals surface area contributed by atoms with Crippen molar-refractivity contribution in [3.8, 4) is 0 Å². The van der Waals surface area contributed by atoms with Gasteiger partial charge < -0.3 is 10.6 Å². The van der Waals surface area contributed by atoms with E-state index >= 15 is 0 Å². The largest absolute Gasteiger partial charge is 0.340 e. The lowest BCUT2D eigenvalue weighted by Gasteiger charge is -2.19. The zero-order valence-corrected chi connectivity index (χ0v) is 16.0. The van der Waals surface area contributed by atoms with Gasteiger partial charge in [-0.15, -0.1) is 0 Å². The van der Waals surface area contributed by atoms with Gasteiger partial charge in [-0.05, 0) is 35.4 Å². The summed E-state index contributed by atoms with van der Waals surface area (Å²) in [4.78, 5) is 36.9. The highest BCUT2D eigenvalue weighted by atomic mass is 16.5. The van der Waals surface area contributed by atoms with Gasteiger partial charge in [0.05, 0.1) is 6.42 Å². The van der Waals surface area contributed by atoms with Crippen LogP contribution in [0.4, 0.5) is 5.69 Å². The Bertz CT molecular complexity index is 1010. The van der Waals surface area contributed by atoms with E-state index in [9.17, 15) is 14.4 Å². The zero-order valence-electron chi connectivity index (χ0n) is 16.0. The van der Waals surface area contributed by atoms with Crippen LogP contribution in [0.5, 0.6) is 0 Å². The van der Waals surface area contributed by atoms with E-state index in [2.05, 4.69) is 10.6 Å². The number of rotatable bonds is 7. The number of carbonyl (C=O) groups excluding carboxylic acids is 3. The molecule has 0 saturated heterocycles. The van der Waals surface area contributed by atoms with Gasteiger partial charge >= 0.3 is 0 Å². The molecule has 3 rings (SSSR count). The predicted octanol–water partition coefficient (Wildman–Crippen LogP) is 2.84. The van der Waals surface area contributed by atoms with Crippen LogP contribution in [0.15, 0.2) is 84.9 Å². The quantitative estimate of drug-likeness (QED) is 0.359. The number of hydroxylamine groups is 1. The number of hydrogen-bond acceptors (Lipinski definition) is 4. The van der Waals surface area contributed by atoms with Crippen LogP contribution in [-0.4, -0.2) is 22.9 Å². The average Bonchev–Trinajstić information content (AvgIpc) is 2.78. The second-order valence-corrected chi connectivity index (χ2v) is 6.58. The molecule has 0 saturated carbocycles. The molecule has 0 unspecified atom stereocenters. The molecule has 30 heavy (non-hydrogen) atoms. The van der Waals surface area contributed by atoms with Crippen molar-refractivity contribution in [1.82, 2.24) is 10.8 Å². The van der Waals surface area contributed by atoms with Gasteiger partial charge in [-0.3, -0.25) is 19.6 Å². The summed E-state index contributed by atoms with van der Waals surface area (Å²) < 4.78 is 0. The highest BCUT2D eigenvalue weighted by Crippen LogP contribution is 2.17. The first-order chi connectivity index (χ1) is 14.6. The fourth-order valence-corrected chi connectivity index (χ4v) is 2.92. The molecule has 0 spiro atoms. The lowest BCUT2D eigenvalue weighted by molar-refractivity contribution is -0.126. The Balaban J connectivity index is 1.74. The third kappa shape index (κ3) is 5.52. The van der Waals surface area contributed by atoms with Gasteiger partial charge in [0.25, 0.3) is 11.8 Å². The van der Waals surface area contributed by atoms with E-state index in [0.717, 1.165) is 5.56 Å². The van der Waals surface area contributed by atoms with Gasteiger partial charge in [-0.1, -0.05) is 60.7 Å². The molecule has 7 heteroatoms. The summed E-state index contributed by atoms with van der Waals surface area (Å²) >= 11 is 0. The molecule has 152 valence electrons. The summed E-state index contributed by atoms with van der Waals surface area (Å²) in [6.07, 6.45) is 0.155.